The maximum Gasteiger partial charge on any atom is 0.219 e. The van der Waals surface area contributed by atoms with Gasteiger partial charge in [0.2, 0.25) is 22.8 Å². The lowest BCUT2D eigenvalue weighted by molar-refractivity contribution is -0.672. The Balaban J connectivity index is 0.576. The lowest BCUT2D eigenvalue weighted by Crippen LogP contribution is -2.34. The fourth-order valence-corrected chi connectivity index (χ4v) is 11.4. The molecule has 2 aliphatic heterocycles. The lowest BCUT2D eigenvalue weighted by Gasteiger charge is -2.13. The topological polar surface area (TPSA) is 100 Å². The summed E-state index contributed by atoms with van der Waals surface area (Å²) < 4.78 is 21.8. The minimum Gasteiger partial charge on any atom is -0.381 e. The van der Waals surface area contributed by atoms with E-state index >= 15 is 0 Å². The van der Waals surface area contributed by atoms with Gasteiger partial charge in [-0.2, -0.15) is 9.13 Å². The number of amides is 2. The van der Waals surface area contributed by atoms with Gasteiger partial charge in [-0.25, -0.2) is 0 Å². The van der Waals surface area contributed by atoms with Crippen LogP contribution in [-0.4, -0.2) is 78.6 Å². The fourth-order valence-electron chi connectivity index (χ4n) is 9.18. The molecule has 0 saturated carbocycles. The Hall–Kier alpha value is -5.70. The molecule has 0 radical (unpaired) electrons. The largest absolute Gasteiger partial charge is 0.381 e. The van der Waals surface area contributed by atoms with Gasteiger partial charge in [-0.05, 0) is 105 Å². The third-order valence-corrected chi connectivity index (χ3v) is 15.5. The average Bonchev–Trinajstić information content (AvgIpc) is 3.90. The fraction of sp³-hybridized carbons (Fsp3) is 0.390. The number of aromatic nitrogens is 2. The molecule has 0 aliphatic carbocycles. The summed E-state index contributed by atoms with van der Waals surface area (Å²) >= 11 is 3.63. The summed E-state index contributed by atoms with van der Waals surface area (Å²) in [4.78, 5) is 32.0. The number of hydrogen-bond acceptors (Lipinski definition) is 9. The van der Waals surface area contributed by atoms with Gasteiger partial charge in [0.05, 0.1) is 45.4 Å². The molecule has 0 unspecified atom stereocenters. The maximum atomic E-state index is 12.4. The SMILES string of the molecule is CN1/C(=C/c2cc[n+](CCCCCC(=O)NCCCOCCCOCCOCCCNC(=O)CCCCC[n+]3ccc(/C=C4/Sc5ccccc5N4C)c4ccccc43)c3ccccc23)Sc2ccccc21. The number of ether oxygens (including phenoxy) is 3. The van der Waals surface area contributed by atoms with Gasteiger partial charge in [0.25, 0.3) is 0 Å². The van der Waals surface area contributed by atoms with Crippen LogP contribution in [0, 0.1) is 0 Å². The number of nitrogens with one attached hydrogen (secondary N) is 2. The predicted octanol–water partition coefficient (Wildman–Crippen LogP) is 10.9. The minimum absolute atomic E-state index is 0.106. The second-order valence-electron chi connectivity index (χ2n) is 18.4. The van der Waals surface area contributed by atoms with Crippen LogP contribution >= 0.6 is 23.5 Å². The predicted molar refractivity (Wildman–Crippen MR) is 295 cm³/mol. The van der Waals surface area contributed by atoms with Crippen molar-refractivity contribution in [1.82, 2.24) is 10.6 Å². The molecule has 8 rings (SSSR count). The Morgan fingerprint density at radius 1 is 0.486 bits per heavy atom. The molecule has 0 spiro atoms. The number of pyridine rings is 2. The molecule has 0 atom stereocenters. The maximum absolute atomic E-state index is 12.4. The number of aryl methyl sites for hydroxylation is 2. The van der Waals surface area contributed by atoms with Crippen LogP contribution in [0.15, 0.2) is 141 Å². The number of fused-ring (bicyclic) bond motifs is 4. The third-order valence-electron chi connectivity index (χ3n) is 13.1. The highest BCUT2D eigenvalue weighted by molar-refractivity contribution is 8.04. The summed E-state index contributed by atoms with van der Waals surface area (Å²) in [7, 11) is 4.27. The zero-order chi connectivity index (χ0) is 49.7. The van der Waals surface area contributed by atoms with Crippen LogP contribution in [0.25, 0.3) is 34.0 Å². The number of carbonyl (C=O) groups excluding carboxylic acids is 2. The first kappa shape index (κ1) is 52.6. The van der Waals surface area contributed by atoms with E-state index in [4.69, 9.17) is 14.2 Å². The molecule has 4 aromatic carbocycles. The number of benzene rings is 4. The van der Waals surface area contributed by atoms with E-state index < -0.39 is 0 Å². The monoisotopic (exact) mass is 1010 g/mol. The Kier molecular flexibility index (Phi) is 20.4. The van der Waals surface area contributed by atoms with E-state index in [2.05, 4.69) is 177 Å². The van der Waals surface area contributed by atoms with E-state index in [-0.39, 0.29) is 11.8 Å². The molecular formula is C59H72N6O5S2+2. The molecule has 11 nitrogen and oxygen atoms in total. The quantitative estimate of drug-likeness (QED) is 0.0351. The zero-order valence-electron chi connectivity index (χ0n) is 42.2. The smallest absolute Gasteiger partial charge is 0.219 e. The molecule has 72 heavy (non-hydrogen) atoms. The van der Waals surface area contributed by atoms with E-state index in [0.29, 0.717) is 65.6 Å². The van der Waals surface area contributed by atoms with Crippen LogP contribution in [0.5, 0.6) is 0 Å². The summed E-state index contributed by atoms with van der Waals surface area (Å²) in [5, 5.41) is 11.0. The molecule has 0 bridgehead atoms. The van der Waals surface area contributed by atoms with Crippen molar-refractivity contribution in [2.24, 2.45) is 0 Å². The number of thioether (sulfide) groups is 2. The van der Waals surface area contributed by atoms with Crippen molar-refractivity contribution >= 4 is 80.7 Å². The molecule has 2 N–H and O–H groups in total. The summed E-state index contributed by atoms with van der Waals surface area (Å²) in [5.74, 6) is 0.217. The number of para-hydroxylation sites is 4. The highest BCUT2D eigenvalue weighted by atomic mass is 32.2. The molecule has 4 heterocycles. The van der Waals surface area contributed by atoms with Gasteiger partial charge in [-0.1, -0.05) is 72.1 Å². The van der Waals surface area contributed by atoms with E-state index in [1.165, 1.54) is 64.2 Å². The average molecular weight is 1010 g/mol. The molecule has 2 aliphatic rings. The molecule has 2 amide bonds. The summed E-state index contributed by atoms with van der Waals surface area (Å²) in [6.45, 7) is 6.61. The van der Waals surface area contributed by atoms with Gasteiger partial charge >= 0.3 is 0 Å². The number of carbonyl (C=O) groups is 2. The molecule has 378 valence electrons. The number of nitrogens with zero attached hydrogens (tertiary/aromatic N) is 4. The number of unbranched alkanes of at least 4 members (excludes halogenated alkanes) is 4. The zero-order valence-corrected chi connectivity index (χ0v) is 43.8. The molecule has 2 aromatic heterocycles. The second-order valence-corrected chi connectivity index (χ2v) is 20.5. The normalized spacial score (nSPS) is 14.2. The van der Waals surface area contributed by atoms with Crippen LogP contribution in [0.4, 0.5) is 11.4 Å². The first-order valence-electron chi connectivity index (χ1n) is 26.0. The van der Waals surface area contributed by atoms with E-state index in [1.807, 2.05) is 23.5 Å². The number of rotatable bonds is 29. The van der Waals surface area contributed by atoms with Crippen molar-refractivity contribution < 1.29 is 32.9 Å². The number of anilines is 2. The van der Waals surface area contributed by atoms with Gasteiger partial charge in [-0.3, -0.25) is 9.59 Å². The van der Waals surface area contributed by atoms with E-state index in [9.17, 15) is 9.59 Å². The van der Waals surface area contributed by atoms with E-state index in [1.54, 1.807) is 0 Å². The van der Waals surface area contributed by atoms with Crippen LogP contribution in [-0.2, 0) is 36.9 Å². The first-order chi connectivity index (χ1) is 35.4. The Labute approximate surface area is 435 Å². The van der Waals surface area contributed by atoms with Crippen molar-refractivity contribution in [3.05, 3.63) is 143 Å². The first-order valence-corrected chi connectivity index (χ1v) is 27.6. The molecule has 13 heteroatoms. The van der Waals surface area contributed by atoms with Crippen LogP contribution in [0.2, 0.25) is 0 Å². The molecule has 0 saturated heterocycles. The van der Waals surface area contributed by atoms with Gasteiger partial charge < -0.3 is 34.6 Å². The Morgan fingerprint density at radius 2 is 0.903 bits per heavy atom. The standard InChI is InChI=1S/C59H70N6O5S2/c1-62-52-24-11-13-26-54(52)71-58(62)44-46-30-36-64(50-22-9-7-20-48(46)50)34-15-3-5-28-56(66)60-32-17-38-68-40-19-41-70-43-42-69-39-18-33-61-57(67)29-6-4-16-35-65-37-31-47(49-21-8-10-23-51(49)65)45-59-63(2)53-25-12-14-27-55(53)72-59/h7-14,20-27,30-31,36-37,44-45H,3-6,15-19,28-29,32-35,38-43H2,1-2H3/p+2. The Bertz CT molecular complexity index is 2610. The summed E-state index contributed by atoms with van der Waals surface area (Å²) in [5.41, 5.74) is 7.40. The highest BCUT2D eigenvalue weighted by Crippen LogP contribution is 2.46. The van der Waals surface area contributed by atoms with E-state index in [0.717, 1.165) is 70.9 Å². The van der Waals surface area contributed by atoms with Gasteiger partial charge in [-0.15, -0.1) is 0 Å². The second kappa shape index (κ2) is 27.9. The van der Waals surface area contributed by atoms with Crippen LogP contribution < -0.4 is 29.6 Å². The summed E-state index contributed by atoms with van der Waals surface area (Å²) in [6, 6.07) is 38.8. The molecular weight excluding hydrogens is 937 g/mol. The minimum atomic E-state index is 0.106. The highest BCUT2D eigenvalue weighted by Gasteiger charge is 2.24. The van der Waals surface area contributed by atoms with Gasteiger partial charge in [0.1, 0.15) is 13.1 Å². The molecule has 0 fully saturated rings. The van der Waals surface area contributed by atoms with Crippen molar-refractivity contribution in [3.63, 3.8) is 0 Å². The van der Waals surface area contributed by atoms with Gasteiger partial charge in [0, 0.05) is 113 Å². The molecule has 6 aromatic rings. The number of hydrogen-bond donors (Lipinski definition) is 2. The summed E-state index contributed by atoms with van der Waals surface area (Å²) in [6.07, 6.45) is 18.3. The lowest BCUT2D eigenvalue weighted by atomic mass is 10.1. The van der Waals surface area contributed by atoms with Crippen molar-refractivity contribution in [2.75, 3.05) is 76.6 Å². The van der Waals surface area contributed by atoms with Crippen molar-refractivity contribution in [3.8, 4) is 0 Å². The Morgan fingerprint density at radius 3 is 1.38 bits per heavy atom. The van der Waals surface area contributed by atoms with Crippen molar-refractivity contribution in [2.45, 2.75) is 93.5 Å². The van der Waals surface area contributed by atoms with Crippen LogP contribution in [0.3, 0.4) is 0 Å². The van der Waals surface area contributed by atoms with Crippen molar-refractivity contribution in [1.29, 1.82) is 0 Å². The van der Waals surface area contributed by atoms with Gasteiger partial charge in [0.15, 0.2) is 12.4 Å². The van der Waals surface area contributed by atoms with Crippen LogP contribution in [0.1, 0.15) is 81.8 Å². The third kappa shape index (κ3) is 14.9.